The molecule has 2 aliphatic rings. The van der Waals surface area contributed by atoms with Crippen LogP contribution < -0.4 is 10.1 Å². The fraction of sp³-hybridized carbons (Fsp3) is 0.571. The molecule has 0 aliphatic carbocycles. The first kappa shape index (κ1) is 19.7. The molecule has 4 rings (SSSR count). The highest BCUT2D eigenvalue weighted by atomic mass is 16.5. The van der Waals surface area contributed by atoms with Crippen molar-refractivity contribution in [2.24, 2.45) is 7.05 Å². The Kier molecular flexibility index (Phi) is 5.99. The van der Waals surface area contributed by atoms with Gasteiger partial charge in [-0.3, -0.25) is 0 Å². The maximum Gasteiger partial charge on any atom is 0.321 e. The van der Waals surface area contributed by atoms with E-state index in [4.69, 9.17) is 9.47 Å². The highest BCUT2D eigenvalue weighted by Crippen LogP contribution is 2.29. The lowest BCUT2D eigenvalue weighted by Crippen LogP contribution is -2.41. The van der Waals surface area contributed by atoms with Crippen LogP contribution in [0.1, 0.15) is 43.0 Å². The van der Waals surface area contributed by atoms with E-state index in [2.05, 4.69) is 15.5 Å². The number of benzene rings is 1. The molecule has 1 atom stereocenters. The Morgan fingerprint density at radius 1 is 1.31 bits per heavy atom. The molecule has 156 valence electrons. The fourth-order valence-electron chi connectivity index (χ4n) is 4.01. The van der Waals surface area contributed by atoms with Gasteiger partial charge in [-0.1, -0.05) is 6.07 Å². The first-order valence-electron chi connectivity index (χ1n) is 10.3. The molecule has 2 aliphatic heterocycles. The lowest BCUT2D eigenvalue weighted by atomic mass is 9.96. The van der Waals surface area contributed by atoms with E-state index in [1.807, 2.05) is 41.6 Å². The van der Waals surface area contributed by atoms with Crippen molar-refractivity contribution in [1.29, 1.82) is 0 Å². The second-order valence-electron chi connectivity index (χ2n) is 7.94. The van der Waals surface area contributed by atoms with E-state index in [0.717, 1.165) is 43.7 Å². The molecule has 8 nitrogen and oxygen atoms in total. The maximum absolute atomic E-state index is 12.8. The minimum absolute atomic E-state index is 0.0905. The minimum atomic E-state index is -0.0905. The second kappa shape index (κ2) is 8.82. The number of amides is 2. The van der Waals surface area contributed by atoms with Crippen molar-refractivity contribution < 1.29 is 14.3 Å². The maximum atomic E-state index is 12.8. The number of likely N-dealkylation sites (tertiary alicyclic amines) is 1. The molecular formula is C21H29N5O3. The van der Waals surface area contributed by atoms with Crippen LogP contribution in [0.4, 0.5) is 10.5 Å². The van der Waals surface area contributed by atoms with Gasteiger partial charge in [0.2, 0.25) is 0 Å². The summed E-state index contributed by atoms with van der Waals surface area (Å²) in [5, 5.41) is 11.2. The molecule has 0 bridgehead atoms. The third-order valence-corrected chi connectivity index (χ3v) is 5.72. The summed E-state index contributed by atoms with van der Waals surface area (Å²) in [6, 6.07) is 5.76. The Morgan fingerprint density at radius 3 is 2.83 bits per heavy atom. The monoisotopic (exact) mass is 399 g/mol. The lowest BCUT2D eigenvalue weighted by molar-refractivity contribution is 0.0682. The molecule has 2 amide bonds. The average molecular weight is 399 g/mol. The molecule has 1 aromatic carbocycles. The van der Waals surface area contributed by atoms with Crippen LogP contribution in [-0.4, -0.2) is 58.1 Å². The number of nitrogens with one attached hydrogen (secondary N) is 1. The van der Waals surface area contributed by atoms with Gasteiger partial charge in [0.15, 0.2) is 0 Å². The number of nitrogens with zero attached hydrogens (tertiary/aromatic N) is 4. The second-order valence-corrected chi connectivity index (χ2v) is 7.94. The van der Waals surface area contributed by atoms with E-state index in [0.29, 0.717) is 37.1 Å². The molecule has 0 radical (unpaired) electrons. The summed E-state index contributed by atoms with van der Waals surface area (Å²) in [4.78, 5) is 14.7. The van der Waals surface area contributed by atoms with Gasteiger partial charge < -0.3 is 24.3 Å². The highest BCUT2D eigenvalue weighted by Gasteiger charge is 2.27. The lowest BCUT2D eigenvalue weighted by Gasteiger charge is -2.31. The largest absolute Gasteiger partial charge is 0.489 e. The number of piperidine rings is 1. The van der Waals surface area contributed by atoms with Crippen LogP contribution in [0.25, 0.3) is 0 Å². The summed E-state index contributed by atoms with van der Waals surface area (Å²) < 4.78 is 13.6. The molecule has 29 heavy (non-hydrogen) atoms. The third-order valence-electron chi connectivity index (χ3n) is 5.72. The van der Waals surface area contributed by atoms with Crippen molar-refractivity contribution in [2.45, 2.75) is 44.6 Å². The molecule has 0 unspecified atom stereocenters. The standard InChI is InChI=1S/C21H29N5O3/c1-15-5-6-18(19(12-15)29-13-17-4-3-11-28-17)23-21(27)26-9-7-16(8-10-26)20-24-22-14-25(20)2/h5-6,12,14,16-17H,3-4,7-11,13H2,1-2H3,(H,23,27)/t17-/m1/s1. The molecule has 1 N–H and O–H groups in total. The summed E-state index contributed by atoms with van der Waals surface area (Å²) in [5.74, 6) is 2.03. The van der Waals surface area contributed by atoms with Crippen molar-refractivity contribution >= 4 is 11.7 Å². The number of urea groups is 1. The van der Waals surface area contributed by atoms with Crippen LogP contribution in [0.3, 0.4) is 0 Å². The minimum Gasteiger partial charge on any atom is -0.489 e. The van der Waals surface area contributed by atoms with Gasteiger partial charge in [-0.05, 0) is 50.3 Å². The van der Waals surface area contributed by atoms with Gasteiger partial charge >= 0.3 is 6.03 Å². The Hall–Kier alpha value is -2.61. The molecule has 0 spiro atoms. The third kappa shape index (κ3) is 4.70. The van der Waals surface area contributed by atoms with Gasteiger partial charge in [0.05, 0.1) is 11.8 Å². The number of ether oxygens (including phenoxy) is 2. The van der Waals surface area contributed by atoms with Gasteiger partial charge in [0.1, 0.15) is 24.5 Å². The molecule has 1 aromatic heterocycles. The van der Waals surface area contributed by atoms with Crippen LogP contribution in [0, 0.1) is 6.92 Å². The van der Waals surface area contributed by atoms with Crippen molar-refractivity contribution in [3.05, 3.63) is 35.9 Å². The summed E-state index contributed by atoms with van der Waals surface area (Å²) in [6.07, 6.45) is 5.74. The Bertz CT molecular complexity index is 839. The first-order valence-corrected chi connectivity index (χ1v) is 10.3. The van der Waals surface area contributed by atoms with Crippen LogP contribution in [0.5, 0.6) is 5.75 Å². The van der Waals surface area contributed by atoms with Gasteiger partial charge in [-0.2, -0.15) is 0 Å². The summed E-state index contributed by atoms with van der Waals surface area (Å²) in [5.41, 5.74) is 1.80. The smallest absolute Gasteiger partial charge is 0.321 e. The number of aryl methyl sites for hydroxylation is 2. The first-order chi connectivity index (χ1) is 14.1. The zero-order valence-electron chi connectivity index (χ0n) is 17.1. The van der Waals surface area contributed by atoms with E-state index in [9.17, 15) is 4.79 Å². The normalized spacial score (nSPS) is 20.1. The van der Waals surface area contributed by atoms with Crippen LogP contribution >= 0.6 is 0 Å². The van der Waals surface area contributed by atoms with Crippen LogP contribution in [0.2, 0.25) is 0 Å². The van der Waals surface area contributed by atoms with Crippen molar-refractivity contribution in [3.63, 3.8) is 0 Å². The van der Waals surface area contributed by atoms with Crippen molar-refractivity contribution in [2.75, 3.05) is 31.6 Å². The topological polar surface area (TPSA) is 81.5 Å². The van der Waals surface area contributed by atoms with E-state index in [-0.39, 0.29) is 12.1 Å². The SMILES string of the molecule is Cc1ccc(NC(=O)N2CCC(c3nncn3C)CC2)c(OC[C@H]2CCCO2)c1. The summed E-state index contributed by atoms with van der Waals surface area (Å²) in [7, 11) is 1.96. The van der Waals surface area contributed by atoms with E-state index < -0.39 is 0 Å². The molecule has 8 heteroatoms. The number of rotatable bonds is 5. The molecule has 2 saturated heterocycles. The number of aromatic nitrogens is 3. The fourth-order valence-corrected chi connectivity index (χ4v) is 4.01. The van der Waals surface area contributed by atoms with Gasteiger partial charge in [0, 0.05) is 32.7 Å². The number of carbonyl (C=O) groups excluding carboxylic acids is 1. The zero-order chi connectivity index (χ0) is 20.2. The van der Waals surface area contributed by atoms with Crippen molar-refractivity contribution in [1.82, 2.24) is 19.7 Å². The molecular weight excluding hydrogens is 370 g/mol. The van der Waals surface area contributed by atoms with Crippen LogP contribution in [-0.2, 0) is 11.8 Å². The molecule has 3 heterocycles. The van der Waals surface area contributed by atoms with Crippen LogP contribution in [0.15, 0.2) is 24.5 Å². The van der Waals surface area contributed by atoms with Gasteiger partial charge in [-0.25, -0.2) is 4.79 Å². The predicted octanol–water partition coefficient (Wildman–Crippen LogP) is 3.09. The number of hydrogen-bond donors (Lipinski definition) is 1. The van der Waals surface area contributed by atoms with E-state index in [1.165, 1.54) is 0 Å². The Labute approximate surface area is 171 Å². The zero-order valence-corrected chi connectivity index (χ0v) is 17.1. The predicted molar refractivity (Wildman–Crippen MR) is 109 cm³/mol. The molecule has 2 fully saturated rings. The van der Waals surface area contributed by atoms with Crippen molar-refractivity contribution in [3.8, 4) is 5.75 Å². The van der Waals surface area contributed by atoms with Gasteiger partial charge in [-0.15, -0.1) is 10.2 Å². The van der Waals surface area contributed by atoms with E-state index >= 15 is 0 Å². The number of hydrogen-bond acceptors (Lipinski definition) is 5. The van der Waals surface area contributed by atoms with E-state index in [1.54, 1.807) is 6.33 Å². The molecule has 0 saturated carbocycles. The summed E-state index contributed by atoms with van der Waals surface area (Å²) in [6.45, 7) is 4.72. The Morgan fingerprint density at radius 2 is 2.14 bits per heavy atom. The number of anilines is 1. The number of carbonyl (C=O) groups is 1. The summed E-state index contributed by atoms with van der Waals surface area (Å²) >= 11 is 0. The average Bonchev–Trinajstić information content (AvgIpc) is 3.40. The van der Waals surface area contributed by atoms with Gasteiger partial charge in [0.25, 0.3) is 0 Å². The molecule has 2 aromatic rings. The Balaban J connectivity index is 1.35. The quantitative estimate of drug-likeness (QED) is 0.836. The highest BCUT2D eigenvalue weighted by molar-refractivity contribution is 5.91.